The van der Waals surface area contributed by atoms with E-state index >= 15 is 0 Å². The molecule has 0 spiro atoms. The number of Topliss-reactive ketones (excluding diaryl/α,β-unsaturated/α-hetero) is 1. The van der Waals surface area contributed by atoms with Crippen molar-refractivity contribution in [1.29, 1.82) is 0 Å². The molecule has 1 aliphatic heterocycles. The number of alkyl halides is 1. The SMILES string of the molecule is CCCC(C)CC(C)C1OC(CC(=O)N(C)C(CI)C(C)=O)C(C)CC1C. The largest absolute Gasteiger partial charge is 0.374 e. The lowest BCUT2D eigenvalue weighted by atomic mass is 9.78. The van der Waals surface area contributed by atoms with Crippen LogP contribution in [0.1, 0.15) is 73.6 Å². The van der Waals surface area contributed by atoms with Gasteiger partial charge in [0.25, 0.3) is 0 Å². The Morgan fingerprint density at radius 3 is 2.37 bits per heavy atom. The molecule has 0 radical (unpaired) electrons. The van der Waals surface area contributed by atoms with Crippen LogP contribution in [0.4, 0.5) is 0 Å². The van der Waals surface area contributed by atoms with Crippen LogP contribution in [-0.4, -0.2) is 46.3 Å². The van der Waals surface area contributed by atoms with Crippen molar-refractivity contribution < 1.29 is 14.3 Å². The topological polar surface area (TPSA) is 46.6 Å². The third kappa shape index (κ3) is 7.30. The van der Waals surface area contributed by atoms with Crippen LogP contribution in [0.2, 0.25) is 0 Å². The summed E-state index contributed by atoms with van der Waals surface area (Å²) in [5.74, 6) is 2.17. The Morgan fingerprint density at radius 1 is 1.22 bits per heavy atom. The number of nitrogens with zero attached hydrogens (tertiary/aromatic N) is 1. The van der Waals surface area contributed by atoms with Crippen LogP contribution < -0.4 is 0 Å². The molecule has 1 saturated heterocycles. The minimum absolute atomic E-state index is 0.0176. The fraction of sp³-hybridized carbons (Fsp3) is 0.909. The van der Waals surface area contributed by atoms with Gasteiger partial charge in [-0.05, 0) is 43.4 Å². The molecular formula is C22H40INO3. The van der Waals surface area contributed by atoms with Crippen LogP contribution in [0.5, 0.6) is 0 Å². The highest BCUT2D eigenvalue weighted by atomic mass is 127. The molecule has 1 fully saturated rings. The average molecular weight is 493 g/mol. The lowest BCUT2D eigenvalue weighted by molar-refractivity contribution is -0.154. The highest BCUT2D eigenvalue weighted by Gasteiger charge is 2.38. The zero-order valence-electron chi connectivity index (χ0n) is 18.3. The fourth-order valence-corrected chi connectivity index (χ4v) is 5.85. The van der Waals surface area contributed by atoms with E-state index in [1.54, 1.807) is 18.9 Å². The summed E-state index contributed by atoms with van der Waals surface area (Å²) in [6.45, 7) is 12.9. The van der Waals surface area contributed by atoms with Crippen molar-refractivity contribution in [3.05, 3.63) is 0 Å². The first-order valence-corrected chi connectivity index (χ1v) is 12.1. The average Bonchev–Trinajstić information content (AvgIpc) is 2.57. The number of rotatable bonds is 10. The molecule has 0 aromatic heterocycles. The lowest BCUT2D eigenvalue weighted by Crippen LogP contribution is -2.47. The second-order valence-corrected chi connectivity index (χ2v) is 9.81. The number of hydrogen-bond donors (Lipinski definition) is 0. The molecule has 7 unspecified atom stereocenters. The number of hydrogen-bond acceptors (Lipinski definition) is 3. The van der Waals surface area contributed by atoms with Gasteiger partial charge < -0.3 is 9.64 Å². The van der Waals surface area contributed by atoms with Gasteiger partial charge in [-0.2, -0.15) is 0 Å². The van der Waals surface area contributed by atoms with Gasteiger partial charge in [-0.25, -0.2) is 0 Å². The molecule has 0 aromatic rings. The molecule has 0 aliphatic carbocycles. The van der Waals surface area contributed by atoms with E-state index in [1.165, 1.54) is 19.3 Å². The molecule has 0 bridgehead atoms. The number of ether oxygens (including phenoxy) is 1. The maximum Gasteiger partial charge on any atom is 0.225 e. The molecule has 7 atom stereocenters. The highest BCUT2D eigenvalue weighted by Crippen LogP contribution is 2.37. The van der Waals surface area contributed by atoms with Crippen molar-refractivity contribution in [1.82, 2.24) is 4.90 Å². The minimum Gasteiger partial charge on any atom is -0.374 e. The number of carbonyl (C=O) groups is 2. The predicted octanol–water partition coefficient (Wildman–Crippen LogP) is 5.12. The molecule has 27 heavy (non-hydrogen) atoms. The molecule has 4 nitrogen and oxygen atoms in total. The fourth-order valence-electron chi connectivity index (χ4n) is 4.64. The van der Waals surface area contributed by atoms with Gasteiger partial charge in [-0.3, -0.25) is 9.59 Å². The van der Waals surface area contributed by atoms with Crippen molar-refractivity contribution in [2.75, 3.05) is 11.5 Å². The summed E-state index contributed by atoms with van der Waals surface area (Å²) in [6, 6.07) is -0.333. The summed E-state index contributed by atoms with van der Waals surface area (Å²) in [4.78, 5) is 26.2. The Balaban J connectivity index is 2.74. The third-order valence-corrected chi connectivity index (χ3v) is 7.07. The van der Waals surface area contributed by atoms with Gasteiger partial charge in [-0.1, -0.05) is 70.1 Å². The van der Waals surface area contributed by atoms with E-state index in [9.17, 15) is 9.59 Å². The van der Waals surface area contributed by atoms with E-state index in [-0.39, 0.29) is 29.9 Å². The number of likely N-dealkylation sites (N-methyl/N-ethyl adjacent to an activating group) is 1. The van der Waals surface area contributed by atoms with E-state index in [1.807, 2.05) is 0 Å². The van der Waals surface area contributed by atoms with E-state index < -0.39 is 0 Å². The second-order valence-electron chi connectivity index (χ2n) is 8.93. The molecule has 0 saturated carbocycles. The number of halogens is 1. The first kappa shape index (κ1) is 24.9. The van der Waals surface area contributed by atoms with Crippen LogP contribution >= 0.6 is 22.6 Å². The first-order chi connectivity index (χ1) is 12.6. The van der Waals surface area contributed by atoms with E-state index in [2.05, 4.69) is 57.2 Å². The summed E-state index contributed by atoms with van der Waals surface area (Å²) in [5, 5.41) is 0. The molecule has 158 valence electrons. The van der Waals surface area contributed by atoms with Gasteiger partial charge in [-0.15, -0.1) is 0 Å². The molecule has 0 N–H and O–H groups in total. The molecule has 1 heterocycles. The number of amides is 1. The third-order valence-electron chi connectivity index (χ3n) is 6.24. The maximum absolute atomic E-state index is 12.8. The predicted molar refractivity (Wildman–Crippen MR) is 120 cm³/mol. The first-order valence-electron chi connectivity index (χ1n) is 10.6. The zero-order chi connectivity index (χ0) is 20.7. The van der Waals surface area contributed by atoms with Crippen molar-refractivity contribution in [2.45, 2.75) is 91.9 Å². The molecule has 1 aliphatic rings. The summed E-state index contributed by atoms with van der Waals surface area (Å²) in [7, 11) is 1.75. The highest BCUT2D eigenvalue weighted by molar-refractivity contribution is 14.1. The van der Waals surface area contributed by atoms with Crippen molar-refractivity contribution >= 4 is 34.3 Å². The summed E-state index contributed by atoms with van der Waals surface area (Å²) in [6.07, 6.45) is 5.31. The monoisotopic (exact) mass is 493 g/mol. The Kier molecular flexibility index (Phi) is 10.8. The van der Waals surface area contributed by atoms with Gasteiger partial charge >= 0.3 is 0 Å². The molecule has 5 heteroatoms. The van der Waals surface area contributed by atoms with E-state index in [0.29, 0.717) is 34.5 Å². The molecule has 1 rings (SSSR count). The molecular weight excluding hydrogens is 453 g/mol. The minimum atomic E-state index is -0.333. The van der Waals surface area contributed by atoms with Crippen molar-refractivity contribution in [3.8, 4) is 0 Å². The lowest BCUT2D eigenvalue weighted by Gasteiger charge is -2.42. The standard InChI is InChI=1S/C22H40INO3/c1-8-9-14(2)10-16(4)22-17(5)11-15(3)20(27-22)12-21(26)24(7)19(13-23)18(6)25/h14-17,19-20,22H,8-13H2,1-7H3. The summed E-state index contributed by atoms with van der Waals surface area (Å²) in [5.41, 5.74) is 0. The Morgan fingerprint density at radius 2 is 1.85 bits per heavy atom. The zero-order valence-corrected chi connectivity index (χ0v) is 20.5. The van der Waals surface area contributed by atoms with Gasteiger partial charge in [0.05, 0.1) is 24.7 Å². The maximum atomic E-state index is 12.8. The number of ketones is 1. The van der Waals surface area contributed by atoms with Crippen LogP contribution in [0.3, 0.4) is 0 Å². The van der Waals surface area contributed by atoms with Crippen LogP contribution in [0.25, 0.3) is 0 Å². The van der Waals surface area contributed by atoms with E-state index in [0.717, 1.165) is 6.42 Å². The number of carbonyl (C=O) groups excluding carboxylic acids is 2. The second kappa shape index (κ2) is 11.7. The van der Waals surface area contributed by atoms with Gasteiger partial charge in [0.15, 0.2) is 5.78 Å². The Hall–Kier alpha value is -0.170. The van der Waals surface area contributed by atoms with Gasteiger partial charge in [0, 0.05) is 11.5 Å². The molecule has 0 aromatic carbocycles. The Bertz CT molecular complexity index is 484. The van der Waals surface area contributed by atoms with Crippen LogP contribution in [-0.2, 0) is 14.3 Å². The van der Waals surface area contributed by atoms with Crippen molar-refractivity contribution in [3.63, 3.8) is 0 Å². The smallest absolute Gasteiger partial charge is 0.225 e. The van der Waals surface area contributed by atoms with E-state index in [4.69, 9.17) is 4.74 Å². The Labute approximate surface area is 180 Å². The summed E-state index contributed by atoms with van der Waals surface area (Å²) >= 11 is 2.17. The van der Waals surface area contributed by atoms with Gasteiger partial charge in [0.2, 0.25) is 5.91 Å². The van der Waals surface area contributed by atoms with Gasteiger partial charge in [0.1, 0.15) is 0 Å². The quantitative estimate of drug-likeness (QED) is 0.314. The summed E-state index contributed by atoms with van der Waals surface area (Å²) < 4.78 is 7.14. The van der Waals surface area contributed by atoms with Crippen LogP contribution in [0, 0.1) is 23.7 Å². The molecule has 1 amide bonds. The van der Waals surface area contributed by atoms with Crippen molar-refractivity contribution in [2.24, 2.45) is 23.7 Å². The normalized spacial score (nSPS) is 29.0. The van der Waals surface area contributed by atoms with Crippen LogP contribution in [0.15, 0.2) is 0 Å².